The summed E-state index contributed by atoms with van der Waals surface area (Å²) in [6, 6.07) is 6.47. The lowest BCUT2D eigenvalue weighted by Gasteiger charge is -2.02. The third-order valence-corrected chi connectivity index (χ3v) is 2.57. The van der Waals surface area contributed by atoms with E-state index in [9.17, 15) is 13.6 Å². The van der Waals surface area contributed by atoms with E-state index in [0.717, 1.165) is 23.8 Å². The molecule has 2 rings (SSSR count). The fraction of sp³-hybridized carbons (Fsp3) is 0.143. The first-order valence-corrected chi connectivity index (χ1v) is 5.53. The highest BCUT2D eigenvalue weighted by atomic mass is 19.1. The summed E-state index contributed by atoms with van der Waals surface area (Å²) < 4.78 is 25.9. The van der Waals surface area contributed by atoms with Crippen LogP contribution in [0, 0.1) is 11.6 Å². The van der Waals surface area contributed by atoms with Crippen LogP contribution in [0.25, 0.3) is 0 Å². The van der Waals surface area contributed by atoms with Gasteiger partial charge in [0.15, 0.2) is 5.78 Å². The van der Waals surface area contributed by atoms with Crippen molar-refractivity contribution >= 4 is 5.78 Å². The van der Waals surface area contributed by atoms with Gasteiger partial charge in [0.1, 0.15) is 11.6 Å². The molecule has 1 aromatic carbocycles. The van der Waals surface area contributed by atoms with E-state index in [1.165, 1.54) is 0 Å². The zero-order valence-corrected chi connectivity index (χ0v) is 9.57. The number of nitrogens with zero attached hydrogens (tertiary/aromatic N) is 1. The van der Waals surface area contributed by atoms with Crippen LogP contribution in [0.2, 0.25) is 0 Å². The van der Waals surface area contributed by atoms with Crippen molar-refractivity contribution in [2.45, 2.75) is 12.8 Å². The van der Waals surface area contributed by atoms with Crippen molar-refractivity contribution in [1.29, 1.82) is 0 Å². The minimum absolute atomic E-state index is 0.0709. The van der Waals surface area contributed by atoms with Gasteiger partial charge < -0.3 is 0 Å². The number of carbonyl (C=O) groups is 1. The fourth-order valence-electron chi connectivity index (χ4n) is 1.67. The summed E-state index contributed by atoms with van der Waals surface area (Å²) in [6.07, 6.45) is 4.02. The van der Waals surface area contributed by atoms with E-state index in [-0.39, 0.29) is 17.8 Å². The topological polar surface area (TPSA) is 30.0 Å². The lowest BCUT2D eigenvalue weighted by molar-refractivity contribution is 0.0982. The molecule has 0 saturated heterocycles. The Kier molecular flexibility index (Phi) is 3.77. The average Bonchev–Trinajstić information content (AvgIpc) is 2.36. The SMILES string of the molecule is O=C(CCc1ccncc1)c1cc(F)cc(F)c1. The van der Waals surface area contributed by atoms with Crippen LogP contribution in [-0.4, -0.2) is 10.8 Å². The molecule has 0 aliphatic carbocycles. The second-order valence-corrected chi connectivity index (χ2v) is 3.94. The molecule has 0 unspecified atom stereocenters. The summed E-state index contributed by atoms with van der Waals surface area (Å²) in [4.78, 5) is 15.6. The molecule has 0 spiro atoms. The zero-order valence-electron chi connectivity index (χ0n) is 9.57. The smallest absolute Gasteiger partial charge is 0.163 e. The van der Waals surface area contributed by atoms with E-state index in [1.807, 2.05) is 0 Å². The van der Waals surface area contributed by atoms with Gasteiger partial charge in [-0.05, 0) is 36.2 Å². The highest BCUT2D eigenvalue weighted by molar-refractivity contribution is 5.96. The molecular formula is C14H11F2NO. The maximum atomic E-state index is 13.0. The van der Waals surface area contributed by atoms with E-state index < -0.39 is 11.6 Å². The molecular weight excluding hydrogens is 236 g/mol. The minimum atomic E-state index is -0.734. The standard InChI is InChI=1S/C14H11F2NO/c15-12-7-11(8-13(16)9-12)14(18)2-1-10-3-5-17-6-4-10/h3-9H,1-2H2. The van der Waals surface area contributed by atoms with Gasteiger partial charge >= 0.3 is 0 Å². The van der Waals surface area contributed by atoms with Crippen LogP contribution < -0.4 is 0 Å². The van der Waals surface area contributed by atoms with E-state index in [1.54, 1.807) is 24.5 Å². The van der Waals surface area contributed by atoms with Gasteiger partial charge in [0.25, 0.3) is 0 Å². The average molecular weight is 247 g/mol. The quantitative estimate of drug-likeness (QED) is 0.777. The number of rotatable bonds is 4. The highest BCUT2D eigenvalue weighted by Gasteiger charge is 2.09. The van der Waals surface area contributed by atoms with Gasteiger partial charge in [0.2, 0.25) is 0 Å². The summed E-state index contributed by atoms with van der Waals surface area (Å²) in [5, 5.41) is 0. The van der Waals surface area contributed by atoms with Gasteiger partial charge in [0, 0.05) is 30.4 Å². The molecule has 4 heteroatoms. The number of aryl methyl sites for hydroxylation is 1. The van der Waals surface area contributed by atoms with Crippen molar-refractivity contribution in [1.82, 2.24) is 4.98 Å². The Bertz CT molecular complexity index is 535. The number of ketones is 1. The fourth-order valence-corrected chi connectivity index (χ4v) is 1.67. The van der Waals surface area contributed by atoms with Crippen LogP contribution in [0.15, 0.2) is 42.7 Å². The largest absolute Gasteiger partial charge is 0.294 e. The number of benzene rings is 1. The molecule has 0 fully saturated rings. The van der Waals surface area contributed by atoms with Crippen LogP contribution in [0.3, 0.4) is 0 Å². The van der Waals surface area contributed by atoms with E-state index in [2.05, 4.69) is 4.98 Å². The maximum Gasteiger partial charge on any atom is 0.163 e. The van der Waals surface area contributed by atoms with E-state index >= 15 is 0 Å². The van der Waals surface area contributed by atoms with Crippen LogP contribution >= 0.6 is 0 Å². The monoisotopic (exact) mass is 247 g/mol. The minimum Gasteiger partial charge on any atom is -0.294 e. The van der Waals surface area contributed by atoms with Gasteiger partial charge in [-0.3, -0.25) is 9.78 Å². The predicted octanol–water partition coefficient (Wildman–Crippen LogP) is 3.18. The lowest BCUT2D eigenvalue weighted by atomic mass is 10.0. The number of Topliss-reactive ketones (excluding diaryl/α,β-unsaturated/α-hetero) is 1. The molecule has 0 N–H and O–H groups in total. The summed E-state index contributed by atoms with van der Waals surface area (Å²) in [6.45, 7) is 0. The Balaban J connectivity index is 2.04. The first-order valence-electron chi connectivity index (χ1n) is 5.53. The molecule has 0 saturated carbocycles. The number of aromatic nitrogens is 1. The Labute approximate surface area is 103 Å². The van der Waals surface area contributed by atoms with Gasteiger partial charge in [-0.1, -0.05) is 0 Å². The summed E-state index contributed by atoms with van der Waals surface area (Å²) in [5.74, 6) is -1.74. The van der Waals surface area contributed by atoms with Gasteiger partial charge in [-0.2, -0.15) is 0 Å². The van der Waals surface area contributed by atoms with Crippen molar-refractivity contribution in [2.24, 2.45) is 0 Å². The molecule has 18 heavy (non-hydrogen) atoms. The predicted molar refractivity (Wildman–Crippen MR) is 63.2 cm³/mol. The van der Waals surface area contributed by atoms with Gasteiger partial charge in [-0.25, -0.2) is 8.78 Å². The first kappa shape index (κ1) is 12.4. The molecule has 1 heterocycles. The number of hydrogen-bond donors (Lipinski definition) is 0. The van der Waals surface area contributed by atoms with Crippen molar-refractivity contribution in [2.75, 3.05) is 0 Å². The zero-order chi connectivity index (χ0) is 13.0. The van der Waals surface area contributed by atoms with Crippen LogP contribution in [0.1, 0.15) is 22.3 Å². The van der Waals surface area contributed by atoms with Crippen LogP contribution in [-0.2, 0) is 6.42 Å². The Morgan fingerprint density at radius 2 is 1.67 bits per heavy atom. The van der Waals surface area contributed by atoms with Crippen molar-refractivity contribution < 1.29 is 13.6 Å². The normalized spacial score (nSPS) is 10.3. The number of carbonyl (C=O) groups excluding carboxylic acids is 1. The summed E-state index contributed by atoms with van der Waals surface area (Å²) >= 11 is 0. The summed E-state index contributed by atoms with van der Waals surface area (Å²) in [5.41, 5.74) is 1.04. The van der Waals surface area contributed by atoms with Crippen molar-refractivity contribution in [3.63, 3.8) is 0 Å². The van der Waals surface area contributed by atoms with E-state index in [0.29, 0.717) is 6.42 Å². The van der Waals surface area contributed by atoms with E-state index in [4.69, 9.17) is 0 Å². The van der Waals surface area contributed by atoms with Crippen LogP contribution in [0.4, 0.5) is 8.78 Å². The van der Waals surface area contributed by atoms with Crippen molar-refractivity contribution in [3.05, 3.63) is 65.5 Å². The molecule has 2 aromatic rings. The van der Waals surface area contributed by atoms with Gasteiger partial charge in [-0.15, -0.1) is 0 Å². The Hall–Kier alpha value is -2.10. The second kappa shape index (κ2) is 5.49. The lowest BCUT2D eigenvalue weighted by Crippen LogP contribution is -2.02. The highest BCUT2D eigenvalue weighted by Crippen LogP contribution is 2.12. The molecule has 0 bridgehead atoms. The molecule has 0 radical (unpaired) electrons. The van der Waals surface area contributed by atoms with Crippen molar-refractivity contribution in [3.8, 4) is 0 Å². The van der Waals surface area contributed by atoms with Gasteiger partial charge in [0.05, 0.1) is 0 Å². The molecule has 0 amide bonds. The molecule has 1 aromatic heterocycles. The van der Waals surface area contributed by atoms with Crippen LogP contribution in [0.5, 0.6) is 0 Å². The Morgan fingerprint density at radius 3 is 2.28 bits per heavy atom. The number of pyridine rings is 1. The molecule has 0 atom stereocenters. The maximum absolute atomic E-state index is 13.0. The molecule has 0 aliphatic rings. The molecule has 0 aliphatic heterocycles. The molecule has 92 valence electrons. The number of hydrogen-bond acceptors (Lipinski definition) is 2. The molecule has 2 nitrogen and oxygen atoms in total. The summed E-state index contributed by atoms with van der Waals surface area (Å²) in [7, 11) is 0. The first-order chi connectivity index (χ1) is 8.65. The number of halogens is 2. The third-order valence-electron chi connectivity index (χ3n) is 2.57. The second-order valence-electron chi connectivity index (χ2n) is 3.94. The Morgan fingerprint density at radius 1 is 1.06 bits per heavy atom. The third kappa shape index (κ3) is 3.20.